The zero-order chi connectivity index (χ0) is 28.6. The Balaban J connectivity index is 1.34. The molecule has 2 heterocycles. The highest BCUT2D eigenvalue weighted by molar-refractivity contribution is 6.24. The summed E-state index contributed by atoms with van der Waals surface area (Å²) in [6.45, 7) is 0. The smallest absolute Gasteiger partial charge is 0.169 e. The Morgan fingerprint density at radius 3 is 1.84 bits per heavy atom. The van der Waals surface area contributed by atoms with Crippen molar-refractivity contribution < 1.29 is 4.42 Å². The fraction of sp³-hybridized carbons (Fsp3) is 0.0256. The molecule has 0 amide bonds. The van der Waals surface area contributed by atoms with Crippen LogP contribution >= 0.6 is 0 Å². The molecule has 6 aromatic carbocycles. The molecule has 0 radical (unpaired) electrons. The number of furan rings is 1. The molecule has 0 saturated heterocycles. The predicted molar refractivity (Wildman–Crippen MR) is 176 cm³/mol. The van der Waals surface area contributed by atoms with Gasteiger partial charge in [0.15, 0.2) is 6.17 Å². The van der Waals surface area contributed by atoms with Gasteiger partial charge in [0, 0.05) is 21.9 Å². The van der Waals surface area contributed by atoms with E-state index in [0.717, 1.165) is 61.4 Å². The molecule has 4 heteroatoms. The van der Waals surface area contributed by atoms with Crippen LogP contribution in [0.1, 0.15) is 22.9 Å². The van der Waals surface area contributed by atoms with E-state index in [1.54, 1.807) is 0 Å². The number of rotatable bonds is 5. The summed E-state index contributed by atoms with van der Waals surface area (Å²) in [6, 6.07) is 52.2. The number of fused-ring (bicyclic) bond motifs is 3. The fourth-order valence-corrected chi connectivity index (χ4v) is 5.82. The van der Waals surface area contributed by atoms with Crippen LogP contribution in [0.3, 0.4) is 0 Å². The Labute approximate surface area is 249 Å². The Morgan fingerprint density at radius 2 is 1.07 bits per heavy atom. The molecule has 0 aliphatic carbocycles. The Bertz CT molecular complexity index is 2150. The van der Waals surface area contributed by atoms with Crippen LogP contribution in [-0.2, 0) is 0 Å². The largest absolute Gasteiger partial charge is 0.456 e. The molecule has 7 aromatic rings. The van der Waals surface area contributed by atoms with Crippen LogP contribution in [0.25, 0.3) is 44.2 Å². The van der Waals surface area contributed by atoms with Crippen molar-refractivity contribution in [1.29, 1.82) is 0 Å². The van der Waals surface area contributed by atoms with Gasteiger partial charge in [-0.05, 0) is 52.1 Å². The molecule has 0 fully saturated rings. The molecule has 0 bridgehead atoms. The standard InChI is InChI=1S/C39H27N3O/c1-4-13-26(14-5-1)29-19-12-20-30(23-29)31-24-33(36-32-21-10-11-22-34(32)43-35(36)25-31)39-41-37(27-15-6-2-7-16-27)40-38(42-39)28-17-8-3-9-18-28/h1-25,37H,(H,40,41,42). The number of amidine groups is 2. The minimum absolute atomic E-state index is 0.383. The fourth-order valence-electron chi connectivity index (χ4n) is 5.82. The highest BCUT2D eigenvalue weighted by Crippen LogP contribution is 2.37. The topological polar surface area (TPSA) is 49.9 Å². The molecular formula is C39H27N3O. The van der Waals surface area contributed by atoms with Gasteiger partial charge in [0.25, 0.3) is 0 Å². The maximum Gasteiger partial charge on any atom is 0.169 e. The normalized spacial score (nSPS) is 14.7. The van der Waals surface area contributed by atoms with Crippen molar-refractivity contribution in [2.24, 2.45) is 9.98 Å². The van der Waals surface area contributed by atoms with E-state index < -0.39 is 0 Å². The van der Waals surface area contributed by atoms with Crippen molar-refractivity contribution in [3.05, 3.63) is 168 Å². The van der Waals surface area contributed by atoms with E-state index in [2.05, 4.69) is 102 Å². The molecule has 0 saturated carbocycles. The van der Waals surface area contributed by atoms with E-state index in [-0.39, 0.29) is 6.17 Å². The van der Waals surface area contributed by atoms with Crippen LogP contribution in [0.5, 0.6) is 0 Å². The summed E-state index contributed by atoms with van der Waals surface area (Å²) in [6.07, 6.45) is -0.383. The van der Waals surface area contributed by atoms with E-state index in [0.29, 0.717) is 0 Å². The van der Waals surface area contributed by atoms with Crippen LogP contribution in [0.2, 0.25) is 0 Å². The maximum absolute atomic E-state index is 6.47. The monoisotopic (exact) mass is 553 g/mol. The highest BCUT2D eigenvalue weighted by Gasteiger charge is 2.24. The summed E-state index contributed by atoms with van der Waals surface area (Å²) in [5.74, 6) is 1.55. The molecule has 1 aliphatic heterocycles. The summed E-state index contributed by atoms with van der Waals surface area (Å²) in [5, 5.41) is 5.70. The highest BCUT2D eigenvalue weighted by atomic mass is 16.3. The minimum Gasteiger partial charge on any atom is -0.456 e. The van der Waals surface area contributed by atoms with E-state index in [9.17, 15) is 0 Å². The number of aliphatic imine (C=N–C) groups is 2. The second-order valence-electron chi connectivity index (χ2n) is 10.7. The third-order valence-electron chi connectivity index (χ3n) is 7.92. The average molecular weight is 554 g/mol. The predicted octanol–water partition coefficient (Wildman–Crippen LogP) is 9.42. The zero-order valence-corrected chi connectivity index (χ0v) is 23.3. The SMILES string of the molecule is c1ccc(C2=NC(c3ccccc3)N=C(c3cc(-c4cccc(-c5ccccc5)c4)cc4oc5ccccc5c34)N2)cc1. The summed E-state index contributed by atoms with van der Waals surface area (Å²) in [4.78, 5) is 10.3. The second kappa shape index (κ2) is 10.6. The van der Waals surface area contributed by atoms with Gasteiger partial charge in [-0.1, -0.05) is 127 Å². The summed E-state index contributed by atoms with van der Waals surface area (Å²) >= 11 is 0. The van der Waals surface area contributed by atoms with Crippen molar-refractivity contribution in [2.45, 2.75) is 6.17 Å². The van der Waals surface area contributed by atoms with Crippen LogP contribution in [0.4, 0.5) is 0 Å². The van der Waals surface area contributed by atoms with Gasteiger partial charge in [-0.3, -0.25) is 0 Å². The lowest BCUT2D eigenvalue weighted by atomic mass is 9.95. The van der Waals surface area contributed by atoms with Gasteiger partial charge >= 0.3 is 0 Å². The lowest BCUT2D eigenvalue weighted by Crippen LogP contribution is -2.36. The van der Waals surface area contributed by atoms with Crippen molar-refractivity contribution >= 4 is 33.6 Å². The molecule has 1 N–H and O–H groups in total. The molecule has 0 spiro atoms. The van der Waals surface area contributed by atoms with E-state index in [1.807, 2.05) is 54.6 Å². The van der Waals surface area contributed by atoms with Gasteiger partial charge in [-0.15, -0.1) is 0 Å². The van der Waals surface area contributed by atoms with Gasteiger partial charge in [0.2, 0.25) is 0 Å². The van der Waals surface area contributed by atoms with Crippen LogP contribution in [0, 0.1) is 0 Å². The first kappa shape index (κ1) is 25.0. The lowest BCUT2D eigenvalue weighted by molar-refractivity contribution is 0.669. The molecule has 8 rings (SSSR count). The van der Waals surface area contributed by atoms with Gasteiger partial charge in [0.05, 0.1) is 0 Å². The summed E-state index contributed by atoms with van der Waals surface area (Å²) in [7, 11) is 0. The van der Waals surface area contributed by atoms with Gasteiger partial charge < -0.3 is 9.73 Å². The summed E-state index contributed by atoms with van der Waals surface area (Å²) < 4.78 is 6.47. The van der Waals surface area contributed by atoms with Crippen LogP contribution in [-0.4, -0.2) is 11.7 Å². The third kappa shape index (κ3) is 4.69. The van der Waals surface area contributed by atoms with Crippen LogP contribution in [0.15, 0.2) is 166 Å². The van der Waals surface area contributed by atoms with E-state index >= 15 is 0 Å². The first-order valence-electron chi connectivity index (χ1n) is 14.4. The number of para-hydroxylation sites is 1. The van der Waals surface area contributed by atoms with Crippen LogP contribution < -0.4 is 5.32 Å². The molecular weight excluding hydrogens is 526 g/mol. The molecule has 1 aromatic heterocycles. The van der Waals surface area contributed by atoms with E-state index in [4.69, 9.17) is 14.4 Å². The average Bonchev–Trinajstić information content (AvgIpc) is 3.47. The number of hydrogen-bond donors (Lipinski definition) is 1. The first-order valence-corrected chi connectivity index (χ1v) is 14.4. The molecule has 4 nitrogen and oxygen atoms in total. The Hall–Kier alpha value is -5.74. The zero-order valence-electron chi connectivity index (χ0n) is 23.3. The third-order valence-corrected chi connectivity index (χ3v) is 7.92. The second-order valence-corrected chi connectivity index (χ2v) is 10.7. The first-order chi connectivity index (χ1) is 21.3. The lowest BCUT2D eigenvalue weighted by Gasteiger charge is -2.23. The number of hydrogen-bond acceptors (Lipinski definition) is 4. The molecule has 1 aliphatic rings. The number of nitrogens with one attached hydrogen (secondary N) is 1. The molecule has 43 heavy (non-hydrogen) atoms. The van der Waals surface area contributed by atoms with Crippen molar-refractivity contribution in [2.75, 3.05) is 0 Å². The van der Waals surface area contributed by atoms with Gasteiger partial charge in [-0.25, -0.2) is 9.98 Å². The minimum atomic E-state index is -0.383. The number of benzene rings is 6. The van der Waals surface area contributed by atoms with Gasteiger partial charge in [0.1, 0.15) is 22.8 Å². The molecule has 204 valence electrons. The van der Waals surface area contributed by atoms with E-state index in [1.165, 1.54) is 11.1 Å². The quantitative estimate of drug-likeness (QED) is 0.231. The Morgan fingerprint density at radius 1 is 0.465 bits per heavy atom. The van der Waals surface area contributed by atoms with Gasteiger partial charge in [-0.2, -0.15) is 0 Å². The van der Waals surface area contributed by atoms with Crippen molar-refractivity contribution in [3.63, 3.8) is 0 Å². The maximum atomic E-state index is 6.47. The number of nitrogens with zero attached hydrogens (tertiary/aromatic N) is 2. The Kier molecular flexibility index (Phi) is 6.16. The molecule has 1 unspecified atom stereocenters. The van der Waals surface area contributed by atoms with Crippen molar-refractivity contribution in [3.8, 4) is 22.3 Å². The molecule has 1 atom stereocenters. The summed E-state index contributed by atoms with van der Waals surface area (Å²) in [5.41, 5.74) is 9.21. The van der Waals surface area contributed by atoms with Crippen molar-refractivity contribution in [1.82, 2.24) is 5.32 Å².